The third-order valence-electron chi connectivity index (χ3n) is 3.56. The van der Waals surface area contributed by atoms with Crippen molar-refractivity contribution in [2.45, 2.75) is 37.6 Å². The summed E-state index contributed by atoms with van der Waals surface area (Å²) in [4.78, 5) is 11.3. The zero-order valence-electron chi connectivity index (χ0n) is 12.9. The van der Waals surface area contributed by atoms with E-state index in [1.54, 1.807) is 24.3 Å². The number of aliphatic hydroxyl groups is 3. The van der Waals surface area contributed by atoms with Crippen molar-refractivity contribution in [3.05, 3.63) is 24.3 Å². The van der Waals surface area contributed by atoms with Crippen LogP contribution in [0.15, 0.2) is 24.3 Å². The number of nitrogens with one attached hydrogen (secondary N) is 1. The van der Waals surface area contributed by atoms with Crippen molar-refractivity contribution in [2.24, 2.45) is 0 Å². The van der Waals surface area contributed by atoms with Crippen molar-refractivity contribution in [3.63, 3.8) is 0 Å². The molecule has 23 heavy (non-hydrogen) atoms. The van der Waals surface area contributed by atoms with Crippen LogP contribution in [0.2, 0.25) is 0 Å². The van der Waals surface area contributed by atoms with Gasteiger partial charge in [0, 0.05) is 6.92 Å². The first kappa shape index (κ1) is 17.5. The minimum absolute atomic E-state index is 0.343. The van der Waals surface area contributed by atoms with Gasteiger partial charge in [0.1, 0.15) is 24.4 Å². The maximum absolute atomic E-state index is 11.3. The Morgan fingerprint density at radius 3 is 2.48 bits per heavy atom. The molecule has 1 saturated heterocycles. The largest absolute Gasteiger partial charge is 0.493 e. The van der Waals surface area contributed by atoms with Crippen molar-refractivity contribution in [3.8, 4) is 11.5 Å². The molecule has 0 aromatic heterocycles. The van der Waals surface area contributed by atoms with Crippen LogP contribution in [0.3, 0.4) is 0 Å². The highest BCUT2D eigenvalue weighted by atomic mass is 16.7. The molecular formula is C15H21NO7. The molecule has 5 atom stereocenters. The molecule has 8 heteroatoms. The van der Waals surface area contributed by atoms with Crippen LogP contribution in [0, 0.1) is 0 Å². The molecule has 0 aliphatic carbocycles. The molecule has 1 aromatic carbocycles. The summed E-state index contributed by atoms with van der Waals surface area (Å²) in [6.07, 6.45) is -4.85. The first-order valence-corrected chi connectivity index (χ1v) is 7.17. The van der Waals surface area contributed by atoms with Crippen LogP contribution >= 0.6 is 0 Å². The van der Waals surface area contributed by atoms with Gasteiger partial charge in [-0.15, -0.1) is 0 Å². The summed E-state index contributed by atoms with van der Waals surface area (Å²) >= 11 is 0. The number of aliphatic hydroxyl groups excluding tert-OH is 3. The quantitative estimate of drug-likeness (QED) is 0.549. The molecule has 1 amide bonds. The van der Waals surface area contributed by atoms with E-state index in [1.165, 1.54) is 14.0 Å². The van der Waals surface area contributed by atoms with Crippen molar-refractivity contribution >= 4 is 5.91 Å². The van der Waals surface area contributed by atoms with Crippen LogP contribution < -0.4 is 14.8 Å². The van der Waals surface area contributed by atoms with Crippen molar-refractivity contribution in [1.29, 1.82) is 0 Å². The number of rotatable bonds is 5. The predicted octanol–water partition coefficient (Wildman–Crippen LogP) is -0.982. The molecule has 128 valence electrons. The summed E-state index contributed by atoms with van der Waals surface area (Å²) in [5, 5.41) is 31.9. The zero-order chi connectivity index (χ0) is 17.0. The van der Waals surface area contributed by atoms with Crippen molar-refractivity contribution in [2.75, 3.05) is 13.7 Å². The van der Waals surface area contributed by atoms with Gasteiger partial charge >= 0.3 is 0 Å². The average Bonchev–Trinajstić information content (AvgIpc) is 2.54. The molecule has 1 aromatic rings. The lowest BCUT2D eigenvalue weighted by Gasteiger charge is -2.42. The van der Waals surface area contributed by atoms with E-state index in [0.717, 1.165) is 0 Å². The Morgan fingerprint density at radius 1 is 1.26 bits per heavy atom. The normalized spacial score (nSPS) is 30.6. The highest BCUT2D eigenvalue weighted by Crippen LogP contribution is 2.30. The third-order valence-corrected chi connectivity index (χ3v) is 3.56. The highest BCUT2D eigenvalue weighted by molar-refractivity contribution is 5.73. The van der Waals surface area contributed by atoms with Crippen molar-refractivity contribution < 1.29 is 34.3 Å². The van der Waals surface area contributed by atoms with Gasteiger partial charge in [-0.05, 0) is 12.1 Å². The molecule has 4 N–H and O–H groups in total. The van der Waals surface area contributed by atoms with Gasteiger partial charge in [-0.3, -0.25) is 4.79 Å². The maximum atomic E-state index is 11.3. The molecule has 1 fully saturated rings. The van der Waals surface area contributed by atoms with E-state index in [9.17, 15) is 20.1 Å². The minimum atomic E-state index is -1.36. The van der Waals surface area contributed by atoms with Crippen LogP contribution in [0.4, 0.5) is 0 Å². The van der Waals surface area contributed by atoms with Crippen LogP contribution in [-0.4, -0.2) is 65.6 Å². The molecular weight excluding hydrogens is 306 g/mol. The average molecular weight is 327 g/mol. The molecule has 1 heterocycles. The highest BCUT2D eigenvalue weighted by Gasteiger charge is 2.46. The fourth-order valence-electron chi connectivity index (χ4n) is 2.41. The van der Waals surface area contributed by atoms with Gasteiger partial charge in [0.15, 0.2) is 11.5 Å². The summed E-state index contributed by atoms with van der Waals surface area (Å²) in [7, 11) is 1.48. The molecule has 8 nitrogen and oxygen atoms in total. The predicted molar refractivity (Wildman–Crippen MR) is 79.0 cm³/mol. The van der Waals surface area contributed by atoms with Gasteiger partial charge in [-0.25, -0.2) is 0 Å². The number of carbonyl (C=O) groups excluding carboxylic acids is 1. The topological polar surface area (TPSA) is 117 Å². The van der Waals surface area contributed by atoms with Crippen LogP contribution in [0.5, 0.6) is 11.5 Å². The van der Waals surface area contributed by atoms with Gasteiger partial charge in [-0.1, -0.05) is 12.1 Å². The van der Waals surface area contributed by atoms with Gasteiger partial charge in [-0.2, -0.15) is 0 Å². The van der Waals surface area contributed by atoms with Crippen LogP contribution in [0.1, 0.15) is 6.92 Å². The Labute approximate surface area is 133 Å². The number of para-hydroxylation sites is 2. The number of hydrogen-bond donors (Lipinski definition) is 4. The zero-order valence-corrected chi connectivity index (χ0v) is 12.9. The smallest absolute Gasteiger partial charge is 0.223 e. The molecule has 1 aliphatic rings. The summed E-state index contributed by atoms with van der Waals surface area (Å²) in [6.45, 7) is 0.772. The second-order valence-corrected chi connectivity index (χ2v) is 5.20. The van der Waals surface area contributed by atoms with E-state index < -0.39 is 43.2 Å². The summed E-state index contributed by atoms with van der Waals surface area (Å²) in [5.41, 5.74) is 0. The van der Waals surface area contributed by atoms with Crippen molar-refractivity contribution in [1.82, 2.24) is 5.32 Å². The monoisotopic (exact) mass is 327 g/mol. The van der Waals surface area contributed by atoms with Gasteiger partial charge in [0.2, 0.25) is 12.2 Å². The Kier molecular flexibility index (Phi) is 5.78. The lowest BCUT2D eigenvalue weighted by molar-refractivity contribution is -0.244. The maximum Gasteiger partial charge on any atom is 0.223 e. The van der Waals surface area contributed by atoms with Gasteiger partial charge < -0.3 is 34.8 Å². The van der Waals surface area contributed by atoms with Crippen LogP contribution in [0.25, 0.3) is 0 Å². The number of methoxy groups -OCH3 is 1. The lowest BCUT2D eigenvalue weighted by Crippen LogP contribution is -2.65. The molecule has 0 unspecified atom stereocenters. The molecule has 0 spiro atoms. The van der Waals surface area contributed by atoms with E-state index in [1.807, 2.05) is 0 Å². The number of ether oxygens (including phenoxy) is 3. The molecule has 1 aliphatic heterocycles. The Bertz CT molecular complexity index is 538. The van der Waals surface area contributed by atoms with Gasteiger partial charge in [0.05, 0.1) is 13.7 Å². The minimum Gasteiger partial charge on any atom is -0.493 e. The van der Waals surface area contributed by atoms with E-state index in [2.05, 4.69) is 5.32 Å². The molecule has 0 saturated carbocycles. The lowest BCUT2D eigenvalue weighted by atomic mass is 9.97. The number of benzene rings is 1. The standard InChI is InChI=1S/C15H21NO7/c1-8(18)16-12-14(20)13(19)11(7-17)23-15(12)22-10-6-4-3-5-9(10)21-2/h3-6,11-15,17,19-20H,7H2,1-2H3,(H,16,18)/t11-,12+,13+,14+,15-/m0/s1. The second kappa shape index (κ2) is 7.60. The van der Waals surface area contributed by atoms with Gasteiger partial charge in [0.25, 0.3) is 0 Å². The number of carbonyl (C=O) groups is 1. The first-order valence-electron chi connectivity index (χ1n) is 7.17. The van der Waals surface area contributed by atoms with E-state index >= 15 is 0 Å². The second-order valence-electron chi connectivity index (χ2n) is 5.20. The van der Waals surface area contributed by atoms with E-state index in [4.69, 9.17) is 14.2 Å². The number of amides is 1. The Balaban J connectivity index is 2.25. The number of hydrogen-bond acceptors (Lipinski definition) is 7. The third kappa shape index (κ3) is 3.91. The Morgan fingerprint density at radius 2 is 1.91 bits per heavy atom. The van der Waals surface area contributed by atoms with Crippen LogP contribution in [-0.2, 0) is 9.53 Å². The Hall–Kier alpha value is -1.87. The molecule has 2 rings (SSSR count). The van der Waals surface area contributed by atoms with E-state index in [-0.39, 0.29) is 0 Å². The fraction of sp³-hybridized carbons (Fsp3) is 0.533. The molecule has 0 radical (unpaired) electrons. The summed E-state index contributed by atoms with van der Waals surface area (Å²) < 4.78 is 16.4. The molecule has 0 bridgehead atoms. The first-order chi connectivity index (χ1) is 11.0. The fourth-order valence-corrected chi connectivity index (χ4v) is 2.41. The van der Waals surface area contributed by atoms with E-state index in [0.29, 0.717) is 11.5 Å². The summed E-state index contributed by atoms with van der Waals surface area (Å²) in [6, 6.07) is 5.80. The SMILES string of the molecule is COc1ccccc1O[C@H]1O[C@@H](CO)[C@@H](O)[C@H](O)[C@H]1NC(C)=O. The summed E-state index contributed by atoms with van der Waals surface area (Å²) in [5.74, 6) is 0.371.